The number of aromatic nitrogens is 1. The fourth-order valence-corrected chi connectivity index (χ4v) is 3.54. The van der Waals surface area contributed by atoms with Crippen molar-refractivity contribution in [1.82, 2.24) is 9.88 Å². The van der Waals surface area contributed by atoms with Gasteiger partial charge in [-0.15, -0.1) is 0 Å². The third-order valence-corrected chi connectivity index (χ3v) is 5.06. The van der Waals surface area contributed by atoms with Gasteiger partial charge in [-0.2, -0.15) is 0 Å². The first-order chi connectivity index (χ1) is 14.5. The molecule has 0 saturated heterocycles. The molecule has 0 aliphatic heterocycles. The summed E-state index contributed by atoms with van der Waals surface area (Å²) >= 11 is 0. The van der Waals surface area contributed by atoms with Gasteiger partial charge in [-0.3, -0.25) is 0 Å². The van der Waals surface area contributed by atoms with Gasteiger partial charge in [0, 0.05) is 29.6 Å². The average molecular weight is 399 g/mol. The van der Waals surface area contributed by atoms with Crippen molar-refractivity contribution in [3.8, 4) is 33.9 Å². The Morgan fingerprint density at radius 1 is 0.767 bits per heavy atom. The maximum absolute atomic E-state index is 9.76. The van der Waals surface area contributed by atoms with E-state index in [1.54, 1.807) is 24.3 Å². The smallest absolute Gasteiger partial charge is 0.134 e. The molecule has 1 aromatic heterocycles. The van der Waals surface area contributed by atoms with Gasteiger partial charge in [-0.1, -0.05) is 36.4 Å². The Balaban J connectivity index is 1.96. The van der Waals surface area contributed by atoms with E-state index < -0.39 is 0 Å². The molecular formula is C25H25N3O2. The third kappa shape index (κ3) is 4.07. The predicted octanol–water partition coefficient (Wildman–Crippen LogP) is 4.95. The van der Waals surface area contributed by atoms with Crippen molar-refractivity contribution in [3.05, 3.63) is 72.8 Å². The van der Waals surface area contributed by atoms with Crippen LogP contribution in [0.15, 0.2) is 72.8 Å². The summed E-state index contributed by atoms with van der Waals surface area (Å²) in [6, 6.07) is 22.5. The number of fused-ring (bicyclic) bond motifs is 1. The zero-order chi connectivity index (χ0) is 21.1. The molecule has 0 aliphatic carbocycles. The number of hydrogen-bond acceptors (Lipinski definition) is 5. The highest BCUT2D eigenvalue weighted by molar-refractivity contribution is 6.07. The van der Waals surface area contributed by atoms with Gasteiger partial charge >= 0.3 is 0 Å². The van der Waals surface area contributed by atoms with E-state index in [1.807, 2.05) is 50.5 Å². The van der Waals surface area contributed by atoms with E-state index in [1.165, 1.54) is 0 Å². The van der Waals surface area contributed by atoms with Crippen LogP contribution in [0.5, 0.6) is 11.5 Å². The van der Waals surface area contributed by atoms with Crippen LogP contribution < -0.4 is 5.32 Å². The van der Waals surface area contributed by atoms with E-state index in [9.17, 15) is 10.2 Å². The van der Waals surface area contributed by atoms with Gasteiger partial charge in [-0.25, -0.2) is 4.98 Å². The highest BCUT2D eigenvalue weighted by Crippen LogP contribution is 2.40. The van der Waals surface area contributed by atoms with E-state index in [0.717, 1.165) is 52.1 Å². The Labute approximate surface area is 176 Å². The highest BCUT2D eigenvalue weighted by Gasteiger charge is 2.17. The number of nitrogens with one attached hydrogen (secondary N) is 1. The first-order valence-electron chi connectivity index (χ1n) is 9.93. The lowest BCUT2D eigenvalue weighted by molar-refractivity contribution is 0.425. The van der Waals surface area contributed by atoms with Gasteiger partial charge in [0.2, 0.25) is 0 Å². The SMILES string of the molecule is CN(C)CCNc1nc(-c2ccc(O)cc2)c(-c2ccc(O)cc2)c2ccccc12. The van der Waals surface area contributed by atoms with E-state index in [2.05, 4.69) is 22.3 Å². The zero-order valence-corrected chi connectivity index (χ0v) is 17.1. The molecule has 0 unspecified atom stereocenters. The van der Waals surface area contributed by atoms with Crippen molar-refractivity contribution in [2.75, 3.05) is 32.5 Å². The summed E-state index contributed by atoms with van der Waals surface area (Å²) in [6.07, 6.45) is 0. The molecule has 0 atom stereocenters. The summed E-state index contributed by atoms with van der Waals surface area (Å²) < 4.78 is 0. The van der Waals surface area contributed by atoms with Crippen molar-refractivity contribution >= 4 is 16.6 Å². The summed E-state index contributed by atoms with van der Waals surface area (Å²) in [6.45, 7) is 1.67. The second-order valence-corrected chi connectivity index (χ2v) is 7.55. The fraction of sp³-hybridized carbons (Fsp3) is 0.160. The number of rotatable bonds is 6. The van der Waals surface area contributed by atoms with Crippen molar-refractivity contribution in [2.24, 2.45) is 0 Å². The maximum atomic E-state index is 9.76. The number of hydrogen-bond donors (Lipinski definition) is 3. The molecular weight excluding hydrogens is 374 g/mol. The van der Waals surface area contributed by atoms with Crippen LogP contribution in [0, 0.1) is 0 Å². The third-order valence-electron chi connectivity index (χ3n) is 5.06. The molecule has 4 rings (SSSR count). The van der Waals surface area contributed by atoms with Crippen LogP contribution in [0.1, 0.15) is 0 Å². The molecule has 3 N–H and O–H groups in total. The Morgan fingerprint density at radius 2 is 1.33 bits per heavy atom. The number of likely N-dealkylation sites (N-methyl/N-ethyl adjacent to an activating group) is 1. The summed E-state index contributed by atoms with van der Waals surface area (Å²) in [4.78, 5) is 7.15. The van der Waals surface area contributed by atoms with Crippen LogP contribution in [-0.2, 0) is 0 Å². The van der Waals surface area contributed by atoms with Crippen LogP contribution in [0.4, 0.5) is 5.82 Å². The van der Waals surface area contributed by atoms with Gasteiger partial charge in [0.1, 0.15) is 17.3 Å². The average Bonchev–Trinajstić information content (AvgIpc) is 2.74. The first-order valence-corrected chi connectivity index (χ1v) is 9.93. The minimum absolute atomic E-state index is 0.218. The van der Waals surface area contributed by atoms with Crippen LogP contribution >= 0.6 is 0 Å². The minimum Gasteiger partial charge on any atom is -0.508 e. The normalized spacial score (nSPS) is 11.2. The van der Waals surface area contributed by atoms with Crippen LogP contribution in [0.2, 0.25) is 0 Å². The molecule has 5 heteroatoms. The molecule has 0 radical (unpaired) electrons. The largest absolute Gasteiger partial charge is 0.508 e. The van der Waals surface area contributed by atoms with Crippen LogP contribution in [-0.4, -0.2) is 47.3 Å². The molecule has 30 heavy (non-hydrogen) atoms. The monoisotopic (exact) mass is 399 g/mol. The van der Waals surface area contributed by atoms with Gasteiger partial charge in [-0.05, 0) is 61.4 Å². The van der Waals surface area contributed by atoms with Gasteiger partial charge < -0.3 is 20.4 Å². The summed E-state index contributed by atoms with van der Waals surface area (Å²) in [5.74, 6) is 1.28. The van der Waals surface area contributed by atoms with Gasteiger partial charge in [0.25, 0.3) is 0 Å². The van der Waals surface area contributed by atoms with E-state index in [-0.39, 0.29) is 11.5 Å². The lowest BCUT2D eigenvalue weighted by atomic mass is 9.93. The molecule has 5 nitrogen and oxygen atoms in total. The van der Waals surface area contributed by atoms with E-state index in [4.69, 9.17) is 4.98 Å². The Bertz CT molecular complexity index is 1150. The fourth-order valence-electron chi connectivity index (χ4n) is 3.54. The first kappa shape index (κ1) is 19.7. The lowest BCUT2D eigenvalue weighted by Gasteiger charge is -2.18. The number of aromatic hydroxyl groups is 2. The number of phenolic OH excluding ortho intramolecular Hbond substituents is 2. The molecule has 3 aromatic carbocycles. The van der Waals surface area contributed by atoms with Crippen molar-refractivity contribution in [1.29, 1.82) is 0 Å². The number of anilines is 1. The Morgan fingerprint density at radius 3 is 1.93 bits per heavy atom. The molecule has 4 aromatic rings. The minimum atomic E-state index is 0.218. The zero-order valence-electron chi connectivity index (χ0n) is 17.1. The number of pyridine rings is 1. The lowest BCUT2D eigenvalue weighted by Crippen LogP contribution is -2.21. The van der Waals surface area contributed by atoms with Crippen LogP contribution in [0.3, 0.4) is 0 Å². The van der Waals surface area contributed by atoms with E-state index >= 15 is 0 Å². The molecule has 1 heterocycles. The van der Waals surface area contributed by atoms with Crippen molar-refractivity contribution in [3.63, 3.8) is 0 Å². The Kier molecular flexibility index (Phi) is 5.55. The standard InChI is InChI=1S/C25H25N3O2/c1-28(2)16-15-26-25-22-6-4-3-5-21(22)23(17-7-11-19(29)12-8-17)24(27-25)18-9-13-20(30)14-10-18/h3-14,29-30H,15-16H2,1-2H3,(H,26,27). The molecule has 152 valence electrons. The molecule has 0 amide bonds. The second-order valence-electron chi connectivity index (χ2n) is 7.55. The summed E-state index contributed by atoms with van der Waals surface area (Å²) in [5, 5.41) is 25.1. The molecule has 0 bridgehead atoms. The number of benzene rings is 3. The topological polar surface area (TPSA) is 68.6 Å². The summed E-state index contributed by atoms with van der Waals surface area (Å²) in [5.41, 5.74) is 3.71. The van der Waals surface area contributed by atoms with E-state index in [0.29, 0.717) is 0 Å². The van der Waals surface area contributed by atoms with Gasteiger partial charge in [0.05, 0.1) is 5.69 Å². The molecule has 0 fully saturated rings. The van der Waals surface area contributed by atoms with Crippen molar-refractivity contribution < 1.29 is 10.2 Å². The number of nitrogens with zero attached hydrogens (tertiary/aromatic N) is 2. The predicted molar refractivity (Wildman–Crippen MR) is 123 cm³/mol. The molecule has 0 saturated carbocycles. The van der Waals surface area contributed by atoms with Gasteiger partial charge in [0.15, 0.2) is 0 Å². The molecule has 0 spiro atoms. The Hall–Kier alpha value is -3.57. The highest BCUT2D eigenvalue weighted by atomic mass is 16.3. The van der Waals surface area contributed by atoms with Crippen LogP contribution in [0.25, 0.3) is 33.2 Å². The second kappa shape index (κ2) is 8.43. The number of phenols is 2. The maximum Gasteiger partial charge on any atom is 0.134 e. The van der Waals surface area contributed by atoms with Crippen molar-refractivity contribution in [2.45, 2.75) is 0 Å². The molecule has 0 aliphatic rings. The summed E-state index contributed by atoms with van der Waals surface area (Å²) in [7, 11) is 4.09. The quantitative estimate of drug-likeness (QED) is 0.428.